The van der Waals surface area contributed by atoms with E-state index in [4.69, 9.17) is 4.42 Å². The lowest BCUT2D eigenvalue weighted by molar-refractivity contribution is 0.101. The van der Waals surface area contributed by atoms with E-state index in [0.29, 0.717) is 16.7 Å². The molecule has 1 heterocycles. The van der Waals surface area contributed by atoms with Crippen molar-refractivity contribution < 1.29 is 9.21 Å². The molecule has 0 saturated carbocycles. The van der Waals surface area contributed by atoms with Gasteiger partial charge in [-0.05, 0) is 38.1 Å². The van der Waals surface area contributed by atoms with E-state index in [0.717, 1.165) is 5.39 Å². The minimum absolute atomic E-state index is 0.000697. The van der Waals surface area contributed by atoms with Gasteiger partial charge in [-0.25, -0.2) is 4.79 Å². The fourth-order valence-corrected chi connectivity index (χ4v) is 1.45. The van der Waals surface area contributed by atoms with Crippen LogP contribution in [0.5, 0.6) is 0 Å². The largest absolute Gasteiger partial charge is 0.423 e. The molecule has 0 fully saturated rings. The van der Waals surface area contributed by atoms with E-state index >= 15 is 0 Å². The maximum atomic E-state index is 11.2. The number of aryl methyl sites for hydroxylation is 1. The maximum Gasteiger partial charge on any atom is 0.339 e. The van der Waals surface area contributed by atoms with Gasteiger partial charge in [-0.2, -0.15) is 0 Å². The first kappa shape index (κ1) is 9.65. The van der Waals surface area contributed by atoms with Crippen LogP contribution in [0.4, 0.5) is 0 Å². The molecule has 0 atom stereocenters. The summed E-state index contributed by atoms with van der Waals surface area (Å²) in [6, 6.07) is 6.76. The molecule has 0 saturated heterocycles. The van der Waals surface area contributed by atoms with Crippen molar-refractivity contribution in [3.05, 3.63) is 45.8 Å². The second kappa shape index (κ2) is 3.35. The Morgan fingerprint density at radius 1 is 1.27 bits per heavy atom. The Labute approximate surface area is 86.3 Å². The van der Waals surface area contributed by atoms with Gasteiger partial charge >= 0.3 is 5.63 Å². The third kappa shape index (κ3) is 1.68. The van der Waals surface area contributed by atoms with Crippen LogP contribution in [0, 0.1) is 6.92 Å². The van der Waals surface area contributed by atoms with Gasteiger partial charge in [0.15, 0.2) is 5.78 Å². The van der Waals surface area contributed by atoms with Gasteiger partial charge in [-0.3, -0.25) is 4.79 Å². The van der Waals surface area contributed by atoms with E-state index in [1.807, 2.05) is 0 Å². The minimum Gasteiger partial charge on any atom is -0.423 e. The van der Waals surface area contributed by atoms with Crippen molar-refractivity contribution in [3.63, 3.8) is 0 Å². The molecule has 3 heteroatoms. The lowest BCUT2D eigenvalue weighted by Gasteiger charge is -2.00. The second-order valence-electron chi connectivity index (χ2n) is 3.53. The Morgan fingerprint density at radius 3 is 2.67 bits per heavy atom. The lowest BCUT2D eigenvalue weighted by atomic mass is 10.1. The maximum absolute atomic E-state index is 11.2. The zero-order valence-corrected chi connectivity index (χ0v) is 8.53. The molecule has 1 aromatic heterocycles. The van der Waals surface area contributed by atoms with Gasteiger partial charge in [0, 0.05) is 16.5 Å². The molecule has 0 unspecified atom stereocenters. The van der Waals surface area contributed by atoms with E-state index in [9.17, 15) is 9.59 Å². The average Bonchev–Trinajstić information content (AvgIpc) is 2.19. The highest BCUT2D eigenvalue weighted by atomic mass is 16.4. The number of carbonyl (C=O) groups excluding carboxylic acids is 1. The van der Waals surface area contributed by atoms with Crippen molar-refractivity contribution in [2.75, 3.05) is 0 Å². The molecule has 0 aliphatic carbocycles. The van der Waals surface area contributed by atoms with Crippen LogP contribution in [0.25, 0.3) is 11.0 Å². The zero-order chi connectivity index (χ0) is 11.0. The van der Waals surface area contributed by atoms with Crippen LogP contribution in [-0.2, 0) is 0 Å². The van der Waals surface area contributed by atoms with Crippen molar-refractivity contribution in [1.29, 1.82) is 0 Å². The quantitative estimate of drug-likeness (QED) is 0.526. The average molecular weight is 202 g/mol. The minimum atomic E-state index is -0.335. The highest BCUT2D eigenvalue weighted by Gasteiger charge is 2.04. The summed E-state index contributed by atoms with van der Waals surface area (Å²) in [7, 11) is 0. The molecule has 3 nitrogen and oxygen atoms in total. The van der Waals surface area contributed by atoms with Crippen LogP contribution in [0.1, 0.15) is 22.8 Å². The standard InChI is InChI=1S/C12H10O3/c1-7-5-10-6-9(8(2)13)3-4-11(10)15-12(7)14/h3-6H,1-2H3. The summed E-state index contributed by atoms with van der Waals surface area (Å²) in [6.07, 6.45) is 0. The number of hydrogen-bond acceptors (Lipinski definition) is 3. The normalized spacial score (nSPS) is 10.5. The van der Waals surface area contributed by atoms with Gasteiger partial charge in [0.2, 0.25) is 0 Å². The van der Waals surface area contributed by atoms with Crippen LogP contribution in [0.3, 0.4) is 0 Å². The second-order valence-corrected chi connectivity index (χ2v) is 3.53. The first-order chi connectivity index (χ1) is 7.08. The van der Waals surface area contributed by atoms with Gasteiger partial charge in [0.25, 0.3) is 0 Å². The summed E-state index contributed by atoms with van der Waals surface area (Å²) in [5.41, 5.74) is 1.34. The molecule has 1 aromatic carbocycles. The zero-order valence-electron chi connectivity index (χ0n) is 8.53. The molecule has 0 amide bonds. The molecule has 0 radical (unpaired) electrons. The fraction of sp³-hybridized carbons (Fsp3) is 0.167. The molecule has 0 bridgehead atoms. The Balaban J connectivity index is 2.77. The van der Waals surface area contributed by atoms with Crippen LogP contribution >= 0.6 is 0 Å². The molecular formula is C12H10O3. The molecule has 2 rings (SSSR count). The Morgan fingerprint density at radius 2 is 2.00 bits per heavy atom. The summed E-state index contributed by atoms with van der Waals surface area (Å²) in [5.74, 6) is 0.000697. The molecule has 0 N–H and O–H groups in total. The number of fused-ring (bicyclic) bond motifs is 1. The molecule has 76 valence electrons. The predicted molar refractivity (Wildman–Crippen MR) is 57.2 cm³/mol. The highest BCUT2D eigenvalue weighted by molar-refractivity contribution is 5.97. The van der Waals surface area contributed by atoms with E-state index in [1.54, 1.807) is 31.2 Å². The van der Waals surface area contributed by atoms with Crippen LogP contribution in [-0.4, -0.2) is 5.78 Å². The molecule has 15 heavy (non-hydrogen) atoms. The predicted octanol–water partition coefficient (Wildman–Crippen LogP) is 2.30. The monoisotopic (exact) mass is 202 g/mol. The highest BCUT2D eigenvalue weighted by Crippen LogP contribution is 2.15. The number of benzene rings is 1. The van der Waals surface area contributed by atoms with Crippen LogP contribution in [0.2, 0.25) is 0 Å². The summed E-state index contributed by atoms with van der Waals surface area (Å²) < 4.78 is 5.06. The van der Waals surface area contributed by atoms with Crippen LogP contribution in [0.15, 0.2) is 33.5 Å². The third-order valence-electron chi connectivity index (χ3n) is 2.31. The van der Waals surface area contributed by atoms with Gasteiger partial charge in [-0.1, -0.05) is 0 Å². The molecule has 0 aliphatic rings. The molecule has 2 aromatic rings. The van der Waals surface area contributed by atoms with Gasteiger partial charge < -0.3 is 4.42 Å². The van der Waals surface area contributed by atoms with Crippen LogP contribution < -0.4 is 5.63 Å². The SMILES string of the molecule is CC(=O)c1ccc2oc(=O)c(C)cc2c1. The smallest absolute Gasteiger partial charge is 0.339 e. The third-order valence-corrected chi connectivity index (χ3v) is 2.31. The summed E-state index contributed by atoms with van der Waals surface area (Å²) in [4.78, 5) is 22.4. The number of ketones is 1. The van der Waals surface area contributed by atoms with Crippen molar-refractivity contribution >= 4 is 16.8 Å². The Kier molecular flexibility index (Phi) is 2.15. The van der Waals surface area contributed by atoms with E-state index in [2.05, 4.69) is 0 Å². The van der Waals surface area contributed by atoms with Crippen molar-refractivity contribution in [2.24, 2.45) is 0 Å². The van der Waals surface area contributed by atoms with Crippen molar-refractivity contribution in [1.82, 2.24) is 0 Å². The number of Topliss-reactive ketones (excluding diaryl/α,β-unsaturated/α-hetero) is 1. The first-order valence-corrected chi connectivity index (χ1v) is 4.63. The first-order valence-electron chi connectivity index (χ1n) is 4.63. The van der Waals surface area contributed by atoms with E-state index in [-0.39, 0.29) is 11.4 Å². The molecular weight excluding hydrogens is 192 g/mol. The fourth-order valence-electron chi connectivity index (χ4n) is 1.45. The van der Waals surface area contributed by atoms with Crippen molar-refractivity contribution in [2.45, 2.75) is 13.8 Å². The topological polar surface area (TPSA) is 47.3 Å². The summed E-state index contributed by atoms with van der Waals surface area (Å²) in [5, 5.41) is 0.778. The van der Waals surface area contributed by atoms with Crippen molar-refractivity contribution in [3.8, 4) is 0 Å². The number of carbonyl (C=O) groups is 1. The lowest BCUT2D eigenvalue weighted by Crippen LogP contribution is -2.02. The summed E-state index contributed by atoms with van der Waals surface area (Å²) >= 11 is 0. The number of rotatable bonds is 1. The van der Waals surface area contributed by atoms with Gasteiger partial charge in [0.05, 0.1) is 0 Å². The number of hydrogen-bond donors (Lipinski definition) is 0. The molecule has 0 aliphatic heterocycles. The Hall–Kier alpha value is -1.90. The van der Waals surface area contributed by atoms with Gasteiger partial charge in [-0.15, -0.1) is 0 Å². The summed E-state index contributed by atoms with van der Waals surface area (Å²) in [6.45, 7) is 3.19. The van der Waals surface area contributed by atoms with E-state index < -0.39 is 0 Å². The Bertz CT molecular complexity index is 593. The van der Waals surface area contributed by atoms with Gasteiger partial charge in [0.1, 0.15) is 5.58 Å². The molecule has 0 spiro atoms. The van der Waals surface area contributed by atoms with E-state index in [1.165, 1.54) is 6.92 Å².